The van der Waals surface area contributed by atoms with Crippen LogP contribution >= 0.6 is 11.6 Å². The Bertz CT molecular complexity index is 1300. The highest BCUT2D eigenvalue weighted by Gasteiger charge is 2.33. The lowest BCUT2D eigenvalue weighted by Gasteiger charge is -2.42. The molecule has 1 aliphatic rings. The SMILES string of the molecule is O=C(Nc1cccc(F)c1)N1CCN(c2nc3ccccc3nc2Cl)C(c2ccccc2)C1. The number of carbonyl (C=O) groups is 1. The normalized spacial score (nSPS) is 16.1. The second-order valence-corrected chi connectivity index (χ2v) is 8.19. The quantitative estimate of drug-likeness (QED) is 0.436. The number of anilines is 2. The van der Waals surface area contributed by atoms with E-state index < -0.39 is 5.82 Å². The molecular formula is C25H21ClFN5O. The number of urea groups is 1. The summed E-state index contributed by atoms with van der Waals surface area (Å²) in [6.45, 7) is 1.38. The van der Waals surface area contributed by atoms with Gasteiger partial charge >= 0.3 is 6.03 Å². The average Bonchev–Trinajstić information content (AvgIpc) is 2.84. The van der Waals surface area contributed by atoms with E-state index in [0.717, 1.165) is 16.6 Å². The molecule has 1 fully saturated rings. The Labute approximate surface area is 195 Å². The van der Waals surface area contributed by atoms with Gasteiger partial charge in [0.2, 0.25) is 0 Å². The van der Waals surface area contributed by atoms with Gasteiger partial charge < -0.3 is 15.1 Å². The van der Waals surface area contributed by atoms with Gasteiger partial charge in [-0.1, -0.05) is 60.1 Å². The summed E-state index contributed by atoms with van der Waals surface area (Å²) in [5, 5.41) is 3.12. The highest BCUT2D eigenvalue weighted by molar-refractivity contribution is 6.32. The maximum atomic E-state index is 13.5. The number of benzene rings is 3. The number of rotatable bonds is 3. The Morgan fingerprint density at radius 1 is 0.939 bits per heavy atom. The number of nitrogens with one attached hydrogen (secondary N) is 1. The molecule has 1 N–H and O–H groups in total. The summed E-state index contributed by atoms with van der Waals surface area (Å²) in [4.78, 5) is 26.1. The van der Waals surface area contributed by atoms with Crippen molar-refractivity contribution in [3.63, 3.8) is 0 Å². The topological polar surface area (TPSA) is 61.4 Å². The van der Waals surface area contributed by atoms with Crippen molar-refractivity contribution in [3.05, 3.63) is 95.4 Å². The van der Waals surface area contributed by atoms with Gasteiger partial charge in [0, 0.05) is 25.3 Å². The van der Waals surface area contributed by atoms with Crippen molar-refractivity contribution in [3.8, 4) is 0 Å². The lowest BCUT2D eigenvalue weighted by Crippen LogP contribution is -2.52. The van der Waals surface area contributed by atoms with Gasteiger partial charge in [0.05, 0.1) is 17.1 Å². The molecule has 0 spiro atoms. The molecule has 1 aromatic heterocycles. The van der Waals surface area contributed by atoms with Crippen molar-refractivity contribution in [1.82, 2.24) is 14.9 Å². The molecule has 0 radical (unpaired) electrons. The van der Waals surface area contributed by atoms with Crippen LogP contribution in [-0.2, 0) is 0 Å². The molecule has 0 aliphatic carbocycles. The van der Waals surface area contributed by atoms with Gasteiger partial charge in [-0.3, -0.25) is 0 Å². The fourth-order valence-corrected chi connectivity index (χ4v) is 4.34. The number of nitrogens with zero attached hydrogens (tertiary/aromatic N) is 4. The Balaban J connectivity index is 1.45. The summed E-state index contributed by atoms with van der Waals surface area (Å²) in [6, 6.07) is 22.9. The molecule has 1 aliphatic heterocycles. The molecule has 5 rings (SSSR count). The van der Waals surface area contributed by atoms with E-state index in [1.54, 1.807) is 17.0 Å². The van der Waals surface area contributed by atoms with Crippen molar-refractivity contribution in [2.24, 2.45) is 0 Å². The van der Waals surface area contributed by atoms with Crippen LogP contribution in [0.2, 0.25) is 5.15 Å². The highest BCUT2D eigenvalue weighted by Crippen LogP contribution is 2.34. The lowest BCUT2D eigenvalue weighted by molar-refractivity contribution is 0.198. The molecule has 1 unspecified atom stereocenters. The van der Waals surface area contributed by atoms with E-state index in [1.807, 2.05) is 54.6 Å². The van der Waals surface area contributed by atoms with Crippen molar-refractivity contribution in [2.75, 3.05) is 29.9 Å². The molecule has 6 nitrogen and oxygen atoms in total. The first-order chi connectivity index (χ1) is 16.1. The Kier molecular flexibility index (Phi) is 5.79. The zero-order valence-corrected chi connectivity index (χ0v) is 18.4. The number of halogens is 2. The van der Waals surface area contributed by atoms with E-state index in [2.05, 4.69) is 15.2 Å². The van der Waals surface area contributed by atoms with E-state index in [-0.39, 0.29) is 12.1 Å². The fraction of sp³-hybridized carbons (Fsp3) is 0.160. The van der Waals surface area contributed by atoms with E-state index in [1.165, 1.54) is 12.1 Å². The Morgan fingerprint density at radius 3 is 2.42 bits per heavy atom. The second-order valence-electron chi connectivity index (χ2n) is 7.83. The number of hydrogen-bond donors (Lipinski definition) is 1. The van der Waals surface area contributed by atoms with Crippen LogP contribution in [0.25, 0.3) is 11.0 Å². The van der Waals surface area contributed by atoms with Crippen LogP contribution in [0.1, 0.15) is 11.6 Å². The Morgan fingerprint density at radius 2 is 1.67 bits per heavy atom. The predicted molar refractivity (Wildman–Crippen MR) is 128 cm³/mol. The first-order valence-electron chi connectivity index (χ1n) is 10.6. The maximum absolute atomic E-state index is 13.5. The van der Waals surface area contributed by atoms with Gasteiger partial charge in [-0.15, -0.1) is 0 Å². The average molecular weight is 462 g/mol. The van der Waals surface area contributed by atoms with Crippen LogP contribution in [-0.4, -0.2) is 40.5 Å². The van der Waals surface area contributed by atoms with Crippen molar-refractivity contribution in [1.29, 1.82) is 0 Å². The first-order valence-corrected chi connectivity index (χ1v) is 11.0. The third kappa shape index (κ3) is 4.45. The Hall–Kier alpha value is -3.71. The van der Waals surface area contributed by atoms with Crippen molar-refractivity contribution >= 4 is 40.2 Å². The summed E-state index contributed by atoms with van der Waals surface area (Å²) < 4.78 is 13.5. The predicted octanol–water partition coefficient (Wildman–Crippen LogP) is 5.52. The van der Waals surface area contributed by atoms with Crippen LogP contribution in [0.15, 0.2) is 78.9 Å². The van der Waals surface area contributed by atoms with Gasteiger partial charge in [-0.25, -0.2) is 19.2 Å². The minimum atomic E-state index is -0.399. The standard InChI is InChI=1S/C25H21ClFN5O/c26-23-24(30-21-12-5-4-11-20(21)29-23)32-14-13-31(16-22(32)17-7-2-1-3-8-17)25(33)28-19-10-6-9-18(27)15-19/h1-12,15,22H,13-14,16H2,(H,28,33). The minimum Gasteiger partial charge on any atom is -0.343 e. The summed E-state index contributed by atoms with van der Waals surface area (Å²) >= 11 is 6.57. The van der Waals surface area contributed by atoms with Gasteiger partial charge in [0.25, 0.3) is 0 Å². The maximum Gasteiger partial charge on any atom is 0.321 e. The minimum absolute atomic E-state index is 0.175. The van der Waals surface area contributed by atoms with Crippen molar-refractivity contribution < 1.29 is 9.18 Å². The zero-order chi connectivity index (χ0) is 22.8. The second kappa shape index (κ2) is 9.03. The molecule has 3 aromatic carbocycles. The third-order valence-electron chi connectivity index (χ3n) is 5.71. The van der Waals surface area contributed by atoms with E-state index in [0.29, 0.717) is 36.3 Å². The van der Waals surface area contributed by atoms with Crippen molar-refractivity contribution in [2.45, 2.75) is 6.04 Å². The van der Waals surface area contributed by atoms with Crippen LogP contribution in [0.5, 0.6) is 0 Å². The van der Waals surface area contributed by atoms with Gasteiger partial charge in [0.15, 0.2) is 11.0 Å². The molecule has 2 amide bonds. The largest absolute Gasteiger partial charge is 0.343 e. The molecule has 1 saturated heterocycles. The molecule has 33 heavy (non-hydrogen) atoms. The van der Waals surface area contributed by atoms with Gasteiger partial charge in [-0.2, -0.15) is 0 Å². The molecule has 0 saturated carbocycles. The summed E-state index contributed by atoms with van der Waals surface area (Å²) in [5.41, 5.74) is 2.94. The van der Waals surface area contributed by atoms with Crippen LogP contribution in [0, 0.1) is 5.82 Å². The highest BCUT2D eigenvalue weighted by atomic mass is 35.5. The number of fused-ring (bicyclic) bond motifs is 1. The molecule has 1 atom stereocenters. The number of para-hydroxylation sites is 2. The van der Waals surface area contributed by atoms with Crippen LogP contribution in [0.3, 0.4) is 0 Å². The number of carbonyl (C=O) groups excluding carboxylic acids is 1. The number of hydrogen-bond acceptors (Lipinski definition) is 4. The molecule has 4 aromatic rings. The number of piperazine rings is 1. The van der Waals surface area contributed by atoms with E-state index in [4.69, 9.17) is 16.6 Å². The fourth-order valence-electron chi connectivity index (χ4n) is 4.10. The van der Waals surface area contributed by atoms with Crippen LogP contribution < -0.4 is 10.2 Å². The number of amides is 2. The molecule has 2 heterocycles. The molecule has 8 heteroatoms. The number of aromatic nitrogens is 2. The van der Waals surface area contributed by atoms with Crippen LogP contribution in [0.4, 0.5) is 20.7 Å². The monoisotopic (exact) mass is 461 g/mol. The van der Waals surface area contributed by atoms with Gasteiger partial charge in [-0.05, 0) is 35.9 Å². The smallest absolute Gasteiger partial charge is 0.321 e. The van der Waals surface area contributed by atoms with E-state index >= 15 is 0 Å². The third-order valence-corrected chi connectivity index (χ3v) is 5.96. The molecule has 0 bridgehead atoms. The van der Waals surface area contributed by atoms with E-state index in [9.17, 15) is 9.18 Å². The first kappa shape index (κ1) is 21.2. The molecule has 166 valence electrons. The zero-order valence-electron chi connectivity index (χ0n) is 17.7. The van der Waals surface area contributed by atoms with Gasteiger partial charge in [0.1, 0.15) is 5.82 Å². The summed E-state index contributed by atoms with van der Waals surface area (Å²) in [7, 11) is 0. The summed E-state index contributed by atoms with van der Waals surface area (Å²) in [6.07, 6.45) is 0. The lowest BCUT2D eigenvalue weighted by atomic mass is 10.0. The summed E-state index contributed by atoms with van der Waals surface area (Å²) in [5.74, 6) is 0.193. The molecular weight excluding hydrogens is 441 g/mol.